The van der Waals surface area contributed by atoms with Crippen LogP contribution < -0.4 is 5.14 Å². The number of halogens is 2. The van der Waals surface area contributed by atoms with E-state index in [0.717, 1.165) is 26.4 Å². The molecule has 2 atom stereocenters. The molecule has 0 fully saturated rings. The summed E-state index contributed by atoms with van der Waals surface area (Å²) in [5.41, 5.74) is -0.361. The molecule has 0 saturated heterocycles. The van der Waals surface area contributed by atoms with Gasteiger partial charge >= 0.3 is 0 Å². The summed E-state index contributed by atoms with van der Waals surface area (Å²) >= 11 is 0. The van der Waals surface area contributed by atoms with E-state index in [2.05, 4.69) is 9.47 Å². The molecule has 0 spiro atoms. The van der Waals surface area contributed by atoms with E-state index in [4.69, 9.17) is 5.14 Å². The van der Waals surface area contributed by atoms with Gasteiger partial charge < -0.3 is 9.47 Å². The molecule has 0 radical (unpaired) electrons. The van der Waals surface area contributed by atoms with Crippen LogP contribution in [0.1, 0.15) is 23.8 Å². The van der Waals surface area contributed by atoms with E-state index in [1.54, 1.807) is 0 Å². The normalized spacial score (nSPS) is 15.4. The predicted molar refractivity (Wildman–Crippen MR) is 59.5 cm³/mol. The van der Waals surface area contributed by atoms with Gasteiger partial charge in [-0.1, -0.05) is 12.1 Å². The Hall–Kier alpha value is -1.09. The van der Waals surface area contributed by atoms with Gasteiger partial charge in [-0.25, -0.2) is 22.3 Å². The van der Waals surface area contributed by atoms with Crippen molar-refractivity contribution >= 4 is 10.0 Å². The summed E-state index contributed by atoms with van der Waals surface area (Å²) in [7, 11) is -2.01. The fourth-order valence-electron chi connectivity index (χ4n) is 1.39. The van der Waals surface area contributed by atoms with Crippen LogP contribution in [0.4, 0.5) is 8.78 Å². The first-order chi connectivity index (χ1) is 8.31. The topological polar surface area (TPSA) is 78.6 Å². The van der Waals surface area contributed by atoms with Crippen LogP contribution in [0.5, 0.6) is 0 Å². The highest BCUT2D eigenvalue weighted by atomic mass is 32.2. The van der Waals surface area contributed by atoms with Crippen LogP contribution in [-0.2, 0) is 19.5 Å². The van der Waals surface area contributed by atoms with Crippen LogP contribution in [0.2, 0.25) is 0 Å². The molecule has 1 aromatic carbocycles. The lowest BCUT2D eigenvalue weighted by Gasteiger charge is -2.14. The Morgan fingerprint density at radius 1 is 1.17 bits per heavy atom. The third kappa shape index (κ3) is 3.22. The van der Waals surface area contributed by atoms with E-state index in [1.807, 2.05) is 0 Å². The number of nitrogens with two attached hydrogens (primary N) is 1. The van der Waals surface area contributed by atoms with Crippen LogP contribution in [0.3, 0.4) is 0 Å². The van der Waals surface area contributed by atoms with E-state index in [-0.39, 0.29) is 11.1 Å². The van der Waals surface area contributed by atoms with Gasteiger partial charge in [-0.3, -0.25) is 0 Å². The van der Waals surface area contributed by atoms with Crippen molar-refractivity contribution in [2.24, 2.45) is 5.14 Å². The second kappa shape index (κ2) is 5.70. The fraction of sp³-hybridized carbons (Fsp3) is 0.400. The van der Waals surface area contributed by atoms with E-state index < -0.39 is 27.6 Å². The van der Waals surface area contributed by atoms with Gasteiger partial charge in [0.25, 0.3) is 0 Å². The van der Waals surface area contributed by atoms with Gasteiger partial charge in [0.2, 0.25) is 22.7 Å². The van der Waals surface area contributed by atoms with Crippen molar-refractivity contribution in [1.29, 1.82) is 0 Å². The van der Waals surface area contributed by atoms with Crippen molar-refractivity contribution in [2.75, 3.05) is 14.2 Å². The third-order valence-corrected chi connectivity index (χ3v) is 3.23. The molecular weight excluding hydrogens is 268 g/mol. The second-order valence-corrected chi connectivity index (χ2v) is 4.98. The maximum atomic E-state index is 13.4. The zero-order valence-electron chi connectivity index (χ0n) is 9.76. The van der Waals surface area contributed by atoms with Gasteiger partial charge in [0.1, 0.15) is 0 Å². The highest BCUT2D eigenvalue weighted by Gasteiger charge is 2.23. The van der Waals surface area contributed by atoms with Crippen molar-refractivity contribution in [3.8, 4) is 0 Å². The molecule has 0 heterocycles. The number of hydrogen-bond donors (Lipinski definition) is 1. The molecular formula is C10H13F2NO4S. The highest BCUT2D eigenvalue weighted by Crippen LogP contribution is 2.29. The van der Waals surface area contributed by atoms with Crippen LogP contribution in [0.15, 0.2) is 23.1 Å². The standard InChI is InChI=1S/C10H13F2NO4S/c1-16-9(11)6-3-4-7(10(12)17-2)8(5-6)18(13,14)15/h3-5,9-10H,1-2H3,(H2,13,14,15). The average Bonchev–Trinajstić information content (AvgIpc) is 2.35. The lowest BCUT2D eigenvalue weighted by molar-refractivity contribution is -0.0113. The summed E-state index contributed by atoms with van der Waals surface area (Å²) in [4.78, 5) is -0.533. The molecule has 0 bridgehead atoms. The van der Waals surface area contributed by atoms with Crippen molar-refractivity contribution < 1.29 is 26.7 Å². The Bertz CT molecular complexity index is 521. The molecule has 0 aromatic heterocycles. The molecule has 18 heavy (non-hydrogen) atoms. The first-order valence-corrected chi connectivity index (χ1v) is 6.36. The Morgan fingerprint density at radius 2 is 1.72 bits per heavy atom. The minimum atomic E-state index is -4.20. The molecule has 1 rings (SSSR count). The van der Waals surface area contributed by atoms with Crippen molar-refractivity contribution in [1.82, 2.24) is 0 Å². The van der Waals surface area contributed by atoms with E-state index in [0.29, 0.717) is 0 Å². The molecule has 8 heteroatoms. The fourth-order valence-corrected chi connectivity index (χ4v) is 2.18. The molecule has 0 aliphatic heterocycles. The summed E-state index contributed by atoms with van der Waals surface area (Å²) < 4.78 is 58.1. The number of ether oxygens (including phenoxy) is 2. The highest BCUT2D eigenvalue weighted by molar-refractivity contribution is 7.89. The van der Waals surface area contributed by atoms with Crippen molar-refractivity contribution in [2.45, 2.75) is 17.6 Å². The van der Waals surface area contributed by atoms with Crippen LogP contribution in [0, 0.1) is 0 Å². The number of alkyl halides is 2. The summed E-state index contributed by atoms with van der Waals surface area (Å²) in [5.74, 6) is 0. The Kier molecular flexibility index (Phi) is 4.74. The molecule has 5 nitrogen and oxygen atoms in total. The molecule has 1 aromatic rings. The molecule has 0 aliphatic carbocycles. The lowest BCUT2D eigenvalue weighted by atomic mass is 10.1. The third-order valence-electron chi connectivity index (χ3n) is 2.26. The van der Waals surface area contributed by atoms with Crippen LogP contribution in [0.25, 0.3) is 0 Å². The van der Waals surface area contributed by atoms with Gasteiger partial charge in [0.05, 0.1) is 4.90 Å². The molecule has 0 aliphatic rings. The minimum Gasteiger partial charge on any atom is -0.348 e. The Morgan fingerprint density at radius 3 is 2.17 bits per heavy atom. The zero-order valence-corrected chi connectivity index (χ0v) is 10.6. The molecule has 2 N–H and O–H groups in total. The summed E-state index contributed by atoms with van der Waals surface area (Å²) in [6.45, 7) is 0. The summed E-state index contributed by atoms with van der Waals surface area (Å²) in [5, 5.41) is 4.95. The number of hydrogen-bond acceptors (Lipinski definition) is 4. The van der Waals surface area contributed by atoms with Gasteiger partial charge in [-0.05, 0) is 6.07 Å². The summed E-state index contributed by atoms with van der Waals surface area (Å²) in [6.07, 6.45) is -3.78. The van der Waals surface area contributed by atoms with Gasteiger partial charge in [0, 0.05) is 25.3 Å². The van der Waals surface area contributed by atoms with Crippen molar-refractivity contribution in [3.05, 3.63) is 29.3 Å². The first-order valence-electron chi connectivity index (χ1n) is 4.81. The van der Waals surface area contributed by atoms with Gasteiger partial charge in [-0.2, -0.15) is 0 Å². The zero-order chi connectivity index (χ0) is 13.9. The van der Waals surface area contributed by atoms with Gasteiger partial charge in [0.15, 0.2) is 0 Å². The Balaban J connectivity index is 3.39. The maximum absolute atomic E-state index is 13.4. The molecule has 102 valence electrons. The Labute approximate surface area is 104 Å². The lowest BCUT2D eigenvalue weighted by Crippen LogP contribution is -2.16. The number of rotatable bonds is 5. The van der Waals surface area contributed by atoms with Crippen LogP contribution >= 0.6 is 0 Å². The first kappa shape index (κ1) is 15.0. The number of methoxy groups -OCH3 is 2. The second-order valence-electron chi connectivity index (χ2n) is 3.45. The number of primary sulfonamides is 1. The molecule has 0 amide bonds. The van der Waals surface area contributed by atoms with E-state index in [9.17, 15) is 17.2 Å². The SMILES string of the molecule is COC(F)c1ccc(C(F)OC)c(S(N)(=O)=O)c1. The molecule has 2 unspecified atom stereocenters. The number of benzene rings is 1. The number of sulfonamides is 1. The van der Waals surface area contributed by atoms with Gasteiger partial charge in [-0.15, -0.1) is 0 Å². The molecule has 0 saturated carbocycles. The predicted octanol–water partition coefficient (Wildman–Crippen LogP) is 1.56. The minimum absolute atomic E-state index is 0.0754. The average molecular weight is 281 g/mol. The van der Waals surface area contributed by atoms with Crippen molar-refractivity contribution in [3.63, 3.8) is 0 Å². The maximum Gasteiger partial charge on any atom is 0.238 e. The van der Waals surface area contributed by atoms with E-state index >= 15 is 0 Å². The van der Waals surface area contributed by atoms with Crippen LogP contribution in [-0.4, -0.2) is 22.6 Å². The monoisotopic (exact) mass is 281 g/mol. The largest absolute Gasteiger partial charge is 0.348 e. The smallest absolute Gasteiger partial charge is 0.238 e. The quantitative estimate of drug-likeness (QED) is 0.888. The summed E-state index contributed by atoms with van der Waals surface area (Å²) in [6, 6.07) is 3.21. The van der Waals surface area contributed by atoms with E-state index in [1.165, 1.54) is 6.07 Å².